The van der Waals surface area contributed by atoms with Gasteiger partial charge in [0, 0.05) is 40.2 Å². The van der Waals surface area contributed by atoms with E-state index in [2.05, 4.69) is 74.8 Å². The van der Waals surface area contributed by atoms with Gasteiger partial charge in [0.2, 0.25) is 5.13 Å². The van der Waals surface area contributed by atoms with Crippen LogP contribution in [0.25, 0.3) is 22.2 Å². The lowest BCUT2D eigenvalue weighted by molar-refractivity contribution is 0.415. The Kier molecular flexibility index (Phi) is 5.68. The Morgan fingerprint density at radius 3 is 2.59 bits per heavy atom. The van der Waals surface area contributed by atoms with Gasteiger partial charge in [0.15, 0.2) is 0 Å². The van der Waals surface area contributed by atoms with Gasteiger partial charge in [-0.05, 0) is 35.9 Å². The smallest absolute Gasteiger partial charge is 0.203 e. The van der Waals surface area contributed by atoms with Gasteiger partial charge in [-0.3, -0.25) is 5.43 Å². The maximum atomic E-state index is 5.22. The van der Waals surface area contributed by atoms with Crippen molar-refractivity contribution in [1.82, 2.24) is 9.55 Å². The number of anilines is 1. The fourth-order valence-corrected chi connectivity index (χ4v) is 4.33. The number of benzene rings is 3. The third kappa shape index (κ3) is 4.26. The van der Waals surface area contributed by atoms with Crippen LogP contribution in [0.4, 0.5) is 5.13 Å². The largest absolute Gasteiger partial charge is 0.497 e. The molecule has 0 spiro atoms. The van der Waals surface area contributed by atoms with Crippen LogP contribution < -0.4 is 10.2 Å². The van der Waals surface area contributed by atoms with E-state index in [1.165, 1.54) is 27.8 Å². The number of thiazole rings is 1. The van der Waals surface area contributed by atoms with Crippen molar-refractivity contribution in [1.29, 1.82) is 0 Å². The maximum absolute atomic E-state index is 5.22. The van der Waals surface area contributed by atoms with Crippen LogP contribution in [0.2, 0.25) is 0 Å². The summed E-state index contributed by atoms with van der Waals surface area (Å²) >= 11 is 1.53. The second-order valence-electron chi connectivity index (χ2n) is 7.35. The number of para-hydroxylation sites is 1. The lowest BCUT2D eigenvalue weighted by Gasteiger charge is -2.05. The molecule has 0 bridgehead atoms. The predicted molar refractivity (Wildman–Crippen MR) is 133 cm³/mol. The first kappa shape index (κ1) is 20.0. The topological polar surface area (TPSA) is 51.4 Å². The number of methoxy groups -OCH3 is 1. The summed E-state index contributed by atoms with van der Waals surface area (Å²) in [5, 5.41) is 8.40. The summed E-state index contributed by atoms with van der Waals surface area (Å²) in [6.07, 6.45) is 4.01. The molecule has 0 amide bonds. The minimum Gasteiger partial charge on any atom is -0.497 e. The zero-order valence-electron chi connectivity index (χ0n) is 17.6. The molecule has 0 aliphatic rings. The molecule has 0 fully saturated rings. The highest BCUT2D eigenvalue weighted by atomic mass is 32.1. The van der Waals surface area contributed by atoms with E-state index < -0.39 is 0 Å². The summed E-state index contributed by atoms with van der Waals surface area (Å²) in [4.78, 5) is 4.64. The van der Waals surface area contributed by atoms with E-state index in [0.29, 0.717) is 0 Å². The molecule has 3 aromatic carbocycles. The van der Waals surface area contributed by atoms with Gasteiger partial charge in [-0.25, -0.2) is 4.98 Å². The summed E-state index contributed by atoms with van der Waals surface area (Å²) < 4.78 is 7.48. The number of hydrazone groups is 1. The Balaban J connectivity index is 1.34. The molecule has 5 aromatic rings. The highest BCUT2D eigenvalue weighted by Crippen LogP contribution is 2.27. The monoisotopic (exact) mass is 438 g/mol. The molecule has 0 saturated heterocycles. The highest BCUT2D eigenvalue weighted by molar-refractivity contribution is 7.14. The standard InChI is InChI=1S/C26H22N4OS/c1-31-22-13-11-20(12-14-22)24-18-32-26(28-24)29-27-15-21-17-30(16-19-7-3-2-4-8-19)25-10-6-5-9-23(21)25/h2-15,17-18H,16H2,1H3,(H,28,29)/b27-15+. The molecule has 0 aliphatic carbocycles. The summed E-state index contributed by atoms with van der Waals surface area (Å²) in [5.41, 5.74) is 8.55. The number of ether oxygens (including phenoxy) is 1. The summed E-state index contributed by atoms with van der Waals surface area (Å²) in [6.45, 7) is 0.820. The third-order valence-electron chi connectivity index (χ3n) is 5.27. The minimum absolute atomic E-state index is 0.750. The van der Waals surface area contributed by atoms with Crippen LogP contribution in [0.15, 0.2) is 95.5 Å². The number of aromatic nitrogens is 2. The Morgan fingerprint density at radius 2 is 1.78 bits per heavy atom. The van der Waals surface area contributed by atoms with Crippen LogP contribution in [0, 0.1) is 0 Å². The molecular weight excluding hydrogens is 416 g/mol. The van der Waals surface area contributed by atoms with E-state index in [1.807, 2.05) is 41.9 Å². The van der Waals surface area contributed by atoms with Gasteiger partial charge in [-0.2, -0.15) is 5.10 Å². The Hall–Kier alpha value is -3.90. The Bertz CT molecular complexity index is 1350. The highest BCUT2D eigenvalue weighted by Gasteiger charge is 2.08. The second kappa shape index (κ2) is 9.08. The number of nitrogens with one attached hydrogen (secondary N) is 1. The van der Waals surface area contributed by atoms with E-state index in [4.69, 9.17) is 4.74 Å². The lowest BCUT2D eigenvalue weighted by Crippen LogP contribution is -1.97. The molecule has 1 N–H and O–H groups in total. The van der Waals surface area contributed by atoms with E-state index in [0.717, 1.165) is 34.2 Å². The maximum Gasteiger partial charge on any atom is 0.203 e. The van der Waals surface area contributed by atoms with Crippen LogP contribution in [-0.4, -0.2) is 22.9 Å². The quantitative estimate of drug-likeness (QED) is 0.241. The Labute approximate surface area is 190 Å². The molecule has 0 radical (unpaired) electrons. The van der Waals surface area contributed by atoms with Gasteiger partial charge in [-0.1, -0.05) is 48.5 Å². The molecule has 6 heteroatoms. The number of hydrogen-bond acceptors (Lipinski definition) is 5. The van der Waals surface area contributed by atoms with Crippen LogP contribution >= 0.6 is 11.3 Å². The average Bonchev–Trinajstić information content (AvgIpc) is 3.45. The fraction of sp³-hybridized carbons (Fsp3) is 0.0769. The van der Waals surface area contributed by atoms with Gasteiger partial charge in [0.1, 0.15) is 5.75 Å². The number of rotatable bonds is 7. The molecule has 0 unspecified atom stereocenters. The van der Waals surface area contributed by atoms with Crippen molar-refractivity contribution in [3.05, 3.63) is 102 Å². The Morgan fingerprint density at radius 1 is 1.00 bits per heavy atom. The van der Waals surface area contributed by atoms with E-state index >= 15 is 0 Å². The van der Waals surface area contributed by atoms with Gasteiger partial charge in [0.05, 0.1) is 19.0 Å². The molecule has 0 saturated carbocycles. The van der Waals surface area contributed by atoms with Crippen LogP contribution in [0.1, 0.15) is 11.1 Å². The van der Waals surface area contributed by atoms with Crippen molar-refractivity contribution in [3.63, 3.8) is 0 Å². The van der Waals surface area contributed by atoms with Crippen molar-refractivity contribution in [3.8, 4) is 17.0 Å². The SMILES string of the molecule is COc1ccc(-c2csc(N/N=C/c3cn(Cc4ccccc4)c4ccccc34)n2)cc1. The van der Waals surface area contributed by atoms with Gasteiger partial charge in [-0.15, -0.1) is 11.3 Å². The van der Waals surface area contributed by atoms with Gasteiger partial charge in [0.25, 0.3) is 0 Å². The summed E-state index contributed by atoms with van der Waals surface area (Å²) in [7, 11) is 1.66. The molecule has 0 aliphatic heterocycles. The molecular formula is C26H22N4OS. The zero-order chi connectivity index (χ0) is 21.8. The average molecular weight is 439 g/mol. The zero-order valence-corrected chi connectivity index (χ0v) is 18.4. The number of fused-ring (bicyclic) bond motifs is 1. The molecule has 2 aromatic heterocycles. The summed E-state index contributed by atoms with van der Waals surface area (Å²) in [6, 6.07) is 26.7. The van der Waals surface area contributed by atoms with E-state index in [9.17, 15) is 0 Å². The van der Waals surface area contributed by atoms with E-state index in [-0.39, 0.29) is 0 Å². The normalized spacial score (nSPS) is 11.3. The first-order valence-corrected chi connectivity index (χ1v) is 11.2. The molecule has 32 heavy (non-hydrogen) atoms. The molecule has 2 heterocycles. The number of nitrogens with zero attached hydrogens (tertiary/aromatic N) is 3. The predicted octanol–water partition coefficient (Wildman–Crippen LogP) is 6.27. The van der Waals surface area contributed by atoms with Gasteiger partial charge < -0.3 is 9.30 Å². The van der Waals surface area contributed by atoms with Crippen LogP contribution in [0.5, 0.6) is 5.75 Å². The second-order valence-corrected chi connectivity index (χ2v) is 8.21. The minimum atomic E-state index is 0.750. The molecule has 0 atom stereocenters. The van der Waals surface area contributed by atoms with Crippen LogP contribution in [0.3, 0.4) is 0 Å². The lowest BCUT2D eigenvalue weighted by atomic mass is 10.2. The van der Waals surface area contributed by atoms with Crippen molar-refractivity contribution < 1.29 is 4.74 Å². The van der Waals surface area contributed by atoms with Crippen molar-refractivity contribution >= 4 is 33.6 Å². The number of hydrogen-bond donors (Lipinski definition) is 1. The summed E-state index contributed by atoms with van der Waals surface area (Å²) in [5.74, 6) is 0.832. The molecule has 5 nitrogen and oxygen atoms in total. The third-order valence-corrected chi connectivity index (χ3v) is 6.02. The molecule has 158 valence electrons. The first-order valence-electron chi connectivity index (χ1n) is 10.3. The van der Waals surface area contributed by atoms with Gasteiger partial charge >= 0.3 is 0 Å². The van der Waals surface area contributed by atoms with Crippen LogP contribution in [-0.2, 0) is 6.54 Å². The van der Waals surface area contributed by atoms with Crippen molar-refractivity contribution in [2.24, 2.45) is 5.10 Å². The van der Waals surface area contributed by atoms with Crippen molar-refractivity contribution in [2.45, 2.75) is 6.54 Å². The fourth-order valence-electron chi connectivity index (χ4n) is 3.67. The molecule has 5 rings (SSSR count). The van der Waals surface area contributed by atoms with E-state index in [1.54, 1.807) is 7.11 Å². The first-order chi connectivity index (χ1) is 15.8. The van der Waals surface area contributed by atoms with Crippen molar-refractivity contribution in [2.75, 3.05) is 12.5 Å².